The van der Waals surface area contributed by atoms with Crippen LogP contribution in [0.4, 0.5) is 0 Å². The second-order valence-electron chi connectivity index (χ2n) is 10.2. The number of ether oxygens (including phenoxy) is 1. The monoisotopic (exact) mass is 443 g/mol. The Morgan fingerprint density at radius 1 is 1.09 bits per heavy atom. The van der Waals surface area contributed by atoms with Crippen molar-refractivity contribution in [1.29, 1.82) is 0 Å². The lowest BCUT2D eigenvalue weighted by Crippen LogP contribution is -2.56. The normalized spacial score (nSPS) is 31.6. The fraction of sp³-hybridized carbons (Fsp3) is 0.792. The van der Waals surface area contributed by atoms with Gasteiger partial charge in [0.2, 0.25) is 11.8 Å². The van der Waals surface area contributed by atoms with E-state index >= 15 is 0 Å². The summed E-state index contributed by atoms with van der Waals surface area (Å²) in [5.41, 5.74) is 1.06. The number of carbonyl (C=O) groups is 2. The Hall–Kier alpha value is -1.93. The molecule has 0 spiro atoms. The molecule has 0 aromatic carbocycles. The van der Waals surface area contributed by atoms with E-state index in [9.17, 15) is 9.59 Å². The van der Waals surface area contributed by atoms with Crippen LogP contribution in [0.2, 0.25) is 0 Å². The maximum Gasteiger partial charge on any atom is 0.226 e. The zero-order valence-electron chi connectivity index (χ0n) is 19.0. The number of nitrogens with zero attached hydrogens (tertiary/aromatic N) is 3. The molecule has 4 heterocycles. The number of amides is 2. The molecule has 4 atom stereocenters. The number of rotatable bonds is 6. The molecule has 0 radical (unpaired) electrons. The van der Waals surface area contributed by atoms with Crippen molar-refractivity contribution < 1.29 is 14.3 Å². The zero-order chi connectivity index (χ0) is 21.9. The molecular formula is C24H37N5O3. The van der Waals surface area contributed by atoms with E-state index in [2.05, 4.69) is 25.3 Å². The number of hydrogen-bond acceptors (Lipinski definition) is 5. The molecule has 32 heavy (non-hydrogen) atoms. The SMILES string of the molecule is O=C(CCc1cn[nH]c1)NC1[C@@H]2CC[C@H]1CN(C(=O)C1CCCN(C3CCOCC3)C1)C2. The molecule has 1 aromatic heterocycles. The second kappa shape index (κ2) is 9.91. The van der Waals surface area contributed by atoms with Gasteiger partial charge in [-0.25, -0.2) is 0 Å². The van der Waals surface area contributed by atoms with E-state index in [1.54, 1.807) is 6.20 Å². The number of H-pyrrole nitrogens is 1. The van der Waals surface area contributed by atoms with Gasteiger partial charge in [-0.3, -0.25) is 19.6 Å². The lowest BCUT2D eigenvalue weighted by Gasteiger charge is -2.43. The summed E-state index contributed by atoms with van der Waals surface area (Å²) >= 11 is 0. The summed E-state index contributed by atoms with van der Waals surface area (Å²) < 4.78 is 5.53. The third kappa shape index (κ3) is 4.86. The zero-order valence-corrected chi connectivity index (χ0v) is 19.0. The summed E-state index contributed by atoms with van der Waals surface area (Å²) in [5.74, 6) is 1.39. The van der Waals surface area contributed by atoms with Gasteiger partial charge >= 0.3 is 0 Å². The van der Waals surface area contributed by atoms with E-state index in [4.69, 9.17) is 4.74 Å². The third-order valence-corrected chi connectivity index (χ3v) is 8.18. The highest BCUT2D eigenvalue weighted by molar-refractivity contribution is 5.80. The van der Waals surface area contributed by atoms with Crippen LogP contribution < -0.4 is 5.32 Å². The Morgan fingerprint density at radius 2 is 1.88 bits per heavy atom. The maximum atomic E-state index is 13.4. The molecular weight excluding hydrogens is 406 g/mol. The van der Waals surface area contributed by atoms with Crippen LogP contribution in [-0.2, 0) is 20.7 Å². The average molecular weight is 444 g/mol. The van der Waals surface area contributed by atoms with Gasteiger partial charge < -0.3 is 15.0 Å². The molecule has 8 nitrogen and oxygen atoms in total. The van der Waals surface area contributed by atoms with Crippen molar-refractivity contribution in [2.24, 2.45) is 17.8 Å². The van der Waals surface area contributed by atoms with Crippen LogP contribution >= 0.6 is 0 Å². The number of likely N-dealkylation sites (tertiary alicyclic amines) is 2. The molecule has 176 valence electrons. The Morgan fingerprint density at radius 3 is 2.59 bits per heavy atom. The van der Waals surface area contributed by atoms with Crippen molar-refractivity contribution in [2.75, 3.05) is 39.4 Å². The summed E-state index contributed by atoms with van der Waals surface area (Å²) in [7, 11) is 0. The van der Waals surface area contributed by atoms with Crippen molar-refractivity contribution in [3.8, 4) is 0 Å². The lowest BCUT2D eigenvalue weighted by molar-refractivity contribution is -0.140. The minimum absolute atomic E-state index is 0.118. The molecule has 3 saturated heterocycles. The first-order chi connectivity index (χ1) is 15.7. The minimum atomic E-state index is 0.118. The number of aryl methyl sites for hydroxylation is 1. The molecule has 3 aliphatic heterocycles. The molecule has 5 rings (SSSR count). The van der Waals surface area contributed by atoms with Crippen LogP contribution in [0.5, 0.6) is 0 Å². The summed E-state index contributed by atoms with van der Waals surface area (Å²) in [6.07, 6.45) is 11.4. The smallest absolute Gasteiger partial charge is 0.226 e. The summed E-state index contributed by atoms with van der Waals surface area (Å²) in [5, 5.41) is 10.0. The van der Waals surface area contributed by atoms with E-state index in [1.807, 2.05) is 6.20 Å². The maximum absolute atomic E-state index is 13.4. The third-order valence-electron chi connectivity index (χ3n) is 8.18. The number of aromatic nitrogens is 2. The quantitative estimate of drug-likeness (QED) is 0.697. The van der Waals surface area contributed by atoms with Crippen LogP contribution in [-0.4, -0.2) is 83.3 Å². The Kier molecular flexibility index (Phi) is 6.78. The molecule has 2 amide bonds. The highest BCUT2D eigenvalue weighted by atomic mass is 16.5. The van der Waals surface area contributed by atoms with Gasteiger partial charge in [0, 0.05) is 57.5 Å². The summed E-state index contributed by atoms with van der Waals surface area (Å²) in [6.45, 7) is 5.33. The highest BCUT2D eigenvalue weighted by Gasteiger charge is 2.45. The molecule has 4 aliphatic rings. The Labute approximate surface area is 190 Å². The molecule has 1 aliphatic carbocycles. The van der Waals surface area contributed by atoms with Crippen LogP contribution in [0.1, 0.15) is 50.5 Å². The van der Waals surface area contributed by atoms with Gasteiger partial charge in [-0.15, -0.1) is 0 Å². The lowest BCUT2D eigenvalue weighted by atomic mass is 9.89. The van der Waals surface area contributed by atoms with Crippen LogP contribution in [0.3, 0.4) is 0 Å². The number of hydrogen-bond donors (Lipinski definition) is 2. The van der Waals surface area contributed by atoms with Crippen molar-refractivity contribution >= 4 is 11.8 Å². The van der Waals surface area contributed by atoms with Crippen LogP contribution in [0.25, 0.3) is 0 Å². The fourth-order valence-corrected chi connectivity index (χ4v) is 6.42. The number of piperidine rings is 2. The Bertz CT molecular complexity index is 765. The first-order valence-corrected chi connectivity index (χ1v) is 12.5. The van der Waals surface area contributed by atoms with E-state index < -0.39 is 0 Å². The largest absolute Gasteiger partial charge is 0.381 e. The van der Waals surface area contributed by atoms with Gasteiger partial charge in [-0.1, -0.05) is 0 Å². The minimum Gasteiger partial charge on any atom is -0.381 e. The number of aromatic amines is 1. The van der Waals surface area contributed by atoms with Crippen molar-refractivity contribution in [3.63, 3.8) is 0 Å². The number of fused-ring (bicyclic) bond motifs is 2. The molecule has 2 unspecified atom stereocenters. The summed E-state index contributed by atoms with van der Waals surface area (Å²) in [6, 6.07) is 0.805. The van der Waals surface area contributed by atoms with Gasteiger partial charge in [0.05, 0.1) is 12.1 Å². The van der Waals surface area contributed by atoms with E-state index in [-0.39, 0.29) is 17.9 Å². The molecule has 1 saturated carbocycles. The van der Waals surface area contributed by atoms with Crippen LogP contribution in [0, 0.1) is 17.8 Å². The van der Waals surface area contributed by atoms with E-state index in [1.165, 1.54) is 0 Å². The fourth-order valence-electron chi connectivity index (χ4n) is 6.42. The molecule has 4 fully saturated rings. The van der Waals surface area contributed by atoms with E-state index in [0.717, 1.165) is 83.5 Å². The van der Waals surface area contributed by atoms with Gasteiger partial charge in [0.1, 0.15) is 0 Å². The molecule has 2 N–H and O–H groups in total. The highest BCUT2D eigenvalue weighted by Crippen LogP contribution is 2.38. The van der Waals surface area contributed by atoms with Gasteiger partial charge in [-0.05, 0) is 68.9 Å². The summed E-state index contributed by atoms with van der Waals surface area (Å²) in [4.78, 5) is 30.7. The van der Waals surface area contributed by atoms with Gasteiger partial charge in [0.25, 0.3) is 0 Å². The predicted molar refractivity (Wildman–Crippen MR) is 120 cm³/mol. The number of nitrogens with one attached hydrogen (secondary N) is 2. The first kappa shape index (κ1) is 21.9. The Balaban J connectivity index is 1.12. The van der Waals surface area contributed by atoms with E-state index in [0.29, 0.717) is 36.6 Å². The molecule has 2 bridgehead atoms. The average Bonchev–Trinajstić information content (AvgIpc) is 3.43. The predicted octanol–water partition coefficient (Wildman–Crippen LogP) is 1.59. The molecule has 8 heteroatoms. The topological polar surface area (TPSA) is 90.6 Å². The van der Waals surface area contributed by atoms with Crippen molar-refractivity contribution in [2.45, 2.75) is 63.5 Å². The molecule has 1 aromatic rings. The van der Waals surface area contributed by atoms with Crippen molar-refractivity contribution in [3.05, 3.63) is 18.0 Å². The first-order valence-electron chi connectivity index (χ1n) is 12.5. The van der Waals surface area contributed by atoms with Gasteiger partial charge in [-0.2, -0.15) is 5.10 Å². The van der Waals surface area contributed by atoms with Crippen molar-refractivity contribution in [1.82, 2.24) is 25.3 Å². The second-order valence-corrected chi connectivity index (χ2v) is 10.2. The van der Waals surface area contributed by atoms with Crippen LogP contribution in [0.15, 0.2) is 12.4 Å². The standard InChI is InChI=1S/C24H37N5O3/c30-22(6-3-17-12-25-26-13-17)27-23-18-4-5-19(23)15-29(14-18)24(31)20-2-1-9-28(16-20)21-7-10-32-11-8-21/h12-13,18-21,23H,1-11,14-16H2,(H,25,26)(H,27,30)/t18-,19+,20?,23?. The van der Waals surface area contributed by atoms with Gasteiger partial charge in [0.15, 0.2) is 0 Å². The number of carbonyl (C=O) groups excluding carboxylic acids is 2.